The summed E-state index contributed by atoms with van der Waals surface area (Å²) in [7, 11) is 0. The molecule has 1 aliphatic heterocycles. The van der Waals surface area contributed by atoms with Crippen molar-refractivity contribution in [3.63, 3.8) is 0 Å². The number of rotatable bonds is 7. The van der Waals surface area contributed by atoms with Crippen LogP contribution >= 0.6 is 0 Å². The van der Waals surface area contributed by atoms with Gasteiger partial charge in [0.05, 0.1) is 13.2 Å². The highest BCUT2D eigenvalue weighted by molar-refractivity contribution is 5.57. The number of hydrogen-bond acceptors (Lipinski definition) is 6. The maximum Gasteiger partial charge on any atom is 0.251 e. The first-order valence-electron chi connectivity index (χ1n) is 8.04. The Morgan fingerprint density at radius 2 is 1.80 bits per heavy atom. The summed E-state index contributed by atoms with van der Waals surface area (Å²) in [6, 6.07) is 18.5. The van der Waals surface area contributed by atoms with Gasteiger partial charge in [0.25, 0.3) is 6.29 Å². The average molecular weight is 344 g/mol. The first-order chi connectivity index (χ1) is 12.3. The molecule has 1 saturated heterocycles. The van der Waals surface area contributed by atoms with Gasteiger partial charge < -0.3 is 28.8 Å². The van der Waals surface area contributed by atoms with Crippen molar-refractivity contribution in [1.82, 2.24) is 0 Å². The summed E-state index contributed by atoms with van der Waals surface area (Å²) in [6.45, 7) is 0.310. The zero-order valence-electron chi connectivity index (χ0n) is 13.6. The van der Waals surface area contributed by atoms with Crippen molar-refractivity contribution in [1.29, 1.82) is 0 Å². The van der Waals surface area contributed by atoms with E-state index in [1.165, 1.54) is 0 Å². The van der Waals surface area contributed by atoms with Gasteiger partial charge >= 0.3 is 0 Å². The summed E-state index contributed by atoms with van der Waals surface area (Å²) >= 11 is 0. The predicted octanol–water partition coefficient (Wildman–Crippen LogP) is 1.91. The van der Waals surface area contributed by atoms with Crippen LogP contribution in [0.3, 0.4) is 0 Å². The second-order valence-electron chi connectivity index (χ2n) is 5.60. The lowest BCUT2D eigenvalue weighted by Crippen LogP contribution is -2.51. The Hall–Kier alpha value is -2.25. The van der Waals surface area contributed by atoms with E-state index in [1.54, 1.807) is 24.3 Å². The predicted molar refractivity (Wildman–Crippen MR) is 88.8 cm³/mol. The van der Waals surface area contributed by atoms with Crippen molar-refractivity contribution in [2.75, 3.05) is 6.61 Å². The van der Waals surface area contributed by atoms with E-state index in [0.29, 0.717) is 12.0 Å². The Balaban J connectivity index is 1.59. The molecule has 2 aromatic rings. The minimum absolute atomic E-state index is 0.0357. The van der Waals surface area contributed by atoms with Gasteiger partial charge in [-0.05, 0) is 17.7 Å². The zero-order valence-corrected chi connectivity index (χ0v) is 13.6. The molecule has 1 fully saturated rings. The molecule has 4 atom stereocenters. The van der Waals surface area contributed by atoms with Crippen LogP contribution in [0.2, 0.25) is 0 Å². The Kier molecular flexibility index (Phi) is 6.14. The largest absolute Gasteiger partial charge is 0.459 e. The molecule has 0 amide bonds. The fraction of sp³-hybridized carbons (Fsp3) is 0.316. The summed E-state index contributed by atoms with van der Waals surface area (Å²) in [5.74, 6) is 0.531. The minimum atomic E-state index is -1.24. The first kappa shape index (κ1) is 17.6. The molecule has 0 radical (unpaired) electrons. The standard InChI is InChI=1S/C19H20O6/c20-11-16(22-12-14-7-3-1-4-8-14)17-13-23-18(21)19(25-17)24-15-9-5-2-6-10-15/h1-11,16-19,21H,12-13H2/t16-,17+,18?,19+/m0/s1. The Labute approximate surface area is 145 Å². The number of aliphatic hydroxyl groups is 1. The summed E-state index contributed by atoms with van der Waals surface area (Å²) < 4.78 is 22.2. The van der Waals surface area contributed by atoms with Gasteiger partial charge in [0.15, 0.2) is 6.29 Å². The van der Waals surface area contributed by atoms with E-state index in [2.05, 4.69) is 0 Å². The molecule has 25 heavy (non-hydrogen) atoms. The maximum atomic E-state index is 11.4. The topological polar surface area (TPSA) is 74.2 Å². The van der Waals surface area contributed by atoms with Crippen molar-refractivity contribution in [2.45, 2.75) is 31.4 Å². The Morgan fingerprint density at radius 3 is 2.48 bits per heavy atom. The van der Waals surface area contributed by atoms with Crippen LogP contribution in [-0.4, -0.2) is 42.8 Å². The highest BCUT2D eigenvalue weighted by Crippen LogP contribution is 2.21. The van der Waals surface area contributed by atoms with Gasteiger partial charge in [-0.1, -0.05) is 48.5 Å². The van der Waals surface area contributed by atoms with E-state index in [1.807, 2.05) is 36.4 Å². The van der Waals surface area contributed by atoms with E-state index < -0.39 is 24.8 Å². The van der Waals surface area contributed by atoms with Gasteiger partial charge in [-0.15, -0.1) is 0 Å². The number of carbonyl (C=O) groups excluding carboxylic acids is 1. The van der Waals surface area contributed by atoms with Gasteiger partial charge in [-0.25, -0.2) is 0 Å². The van der Waals surface area contributed by atoms with E-state index in [0.717, 1.165) is 5.56 Å². The van der Waals surface area contributed by atoms with Crippen LogP contribution in [0.25, 0.3) is 0 Å². The molecule has 0 spiro atoms. The van der Waals surface area contributed by atoms with Crippen molar-refractivity contribution in [3.8, 4) is 5.75 Å². The number of ether oxygens (including phenoxy) is 4. The molecular weight excluding hydrogens is 324 g/mol. The quantitative estimate of drug-likeness (QED) is 0.774. The van der Waals surface area contributed by atoms with Crippen molar-refractivity contribution in [2.24, 2.45) is 0 Å². The van der Waals surface area contributed by atoms with Crippen LogP contribution in [0, 0.1) is 0 Å². The number of benzene rings is 2. The van der Waals surface area contributed by atoms with Crippen LogP contribution in [0.5, 0.6) is 5.75 Å². The molecule has 6 heteroatoms. The third-order valence-electron chi connectivity index (χ3n) is 3.75. The fourth-order valence-corrected chi connectivity index (χ4v) is 2.44. The van der Waals surface area contributed by atoms with E-state index in [-0.39, 0.29) is 13.2 Å². The average Bonchev–Trinajstić information content (AvgIpc) is 2.66. The summed E-state index contributed by atoms with van der Waals surface area (Å²) in [5, 5.41) is 9.91. The Morgan fingerprint density at radius 1 is 1.12 bits per heavy atom. The SMILES string of the molecule is O=C[C@H](OCc1ccccc1)[C@H]1COC(O)[C@H](Oc2ccccc2)O1. The molecule has 0 aromatic heterocycles. The summed E-state index contributed by atoms with van der Waals surface area (Å²) in [4.78, 5) is 11.4. The van der Waals surface area contributed by atoms with Gasteiger partial charge in [0.2, 0.25) is 6.29 Å². The summed E-state index contributed by atoms with van der Waals surface area (Å²) in [6.07, 6.45) is -3.09. The zero-order chi connectivity index (χ0) is 17.5. The lowest BCUT2D eigenvalue weighted by molar-refractivity contribution is -0.316. The lowest BCUT2D eigenvalue weighted by atomic mass is 10.2. The van der Waals surface area contributed by atoms with Gasteiger partial charge in [0, 0.05) is 0 Å². The number of carbonyl (C=O) groups is 1. The third kappa shape index (κ3) is 4.87. The van der Waals surface area contributed by atoms with Crippen LogP contribution in [0.4, 0.5) is 0 Å². The molecule has 132 valence electrons. The summed E-state index contributed by atoms with van der Waals surface area (Å²) in [5.41, 5.74) is 0.947. The highest BCUT2D eigenvalue weighted by Gasteiger charge is 2.37. The van der Waals surface area contributed by atoms with Gasteiger partial charge in [0.1, 0.15) is 18.0 Å². The van der Waals surface area contributed by atoms with E-state index in [9.17, 15) is 9.90 Å². The Bertz CT molecular complexity index is 647. The molecule has 6 nitrogen and oxygen atoms in total. The number of aliphatic hydroxyl groups excluding tert-OH is 1. The second kappa shape index (κ2) is 8.73. The smallest absolute Gasteiger partial charge is 0.251 e. The molecule has 0 bridgehead atoms. The van der Waals surface area contributed by atoms with E-state index in [4.69, 9.17) is 18.9 Å². The number of hydrogen-bond donors (Lipinski definition) is 1. The van der Waals surface area contributed by atoms with Crippen molar-refractivity contribution in [3.05, 3.63) is 66.2 Å². The minimum Gasteiger partial charge on any atom is -0.459 e. The van der Waals surface area contributed by atoms with Crippen LogP contribution in [-0.2, 0) is 25.6 Å². The fourth-order valence-electron chi connectivity index (χ4n) is 2.44. The van der Waals surface area contributed by atoms with Crippen molar-refractivity contribution < 1.29 is 28.8 Å². The molecule has 1 unspecified atom stereocenters. The molecule has 0 aliphatic carbocycles. The molecule has 1 N–H and O–H groups in total. The molecule has 2 aromatic carbocycles. The number of para-hydroxylation sites is 1. The van der Waals surface area contributed by atoms with Crippen LogP contribution in [0.15, 0.2) is 60.7 Å². The van der Waals surface area contributed by atoms with Crippen LogP contribution < -0.4 is 4.74 Å². The number of aldehydes is 1. The first-order valence-corrected chi connectivity index (χ1v) is 8.04. The monoisotopic (exact) mass is 344 g/mol. The lowest BCUT2D eigenvalue weighted by Gasteiger charge is -2.35. The second-order valence-corrected chi connectivity index (χ2v) is 5.60. The molecular formula is C19H20O6. The normalized spacial score (nSPS) is 24.4. The van der Waals surface area contributed by atoms with Crippen molar-refractivity contribution >= 4 is 6.29 Å². The molecule has 1 heterocycles. The molecule has 1 aliphatic rings. The van der Waals surface area contributed by atoms with E-state index >= 15 is 0 Å². The molecule has 3 rings (SSSR count). The van der Waals surface area contributed by atoms with Gasteiger partial charge in [-0.3, -0.25) is 0 Å². The maximum absolute atomic E-state index is 11.4. The molecule has 0 saturated carbocycles. The van der Waals surface area contributed by atoms with Crippen LogP contribution in [0.1, 0.15) is 5.56 Å². The van der Waals surface area contributed by atoms with Gasteiger partial charge in [-0.2, -0.15) is 0 Å². The highest BCUT2D eigenvalue weighted by atomic mass is 16.8. The third-order valence-corrected chi connectivity index (χ3v) is 3.75.